The first kappa shape index (κ1) is 14.1. The average molecular weight is 268 g/mol. The van der Waals surface area contributed by atoms with Crippen LogP contribution in [0.4, 0.5) is 0 Å². The Hall–Kier alpha value is -1.94. The van der Waals surface area contributed by atoms with Crippen molar-refractivity contribution < 1.29 is 18.3 Å². The van der Waals surface area contributed by atoms with E-state index in [0.29, 0.717) is 5.56 Å². The van der Waals surface area contributed by atoms with Gasteiger partial charge in [0.05, 0.1) is 5.75 Å². The number of nitriles is 1. The summed E-state index contributed by atoms with van der Waals surface area (Å²) in [4.78, 5) is 14.6. The van der Waals surface area contributed by atoms with Crippen LogP contribution in [0.3, 0.4) is 0 Å². The molecule has 0 saturated carbocycles. The Labute approximate surface area is 105 Å². The van der Waals surface area contributed by atoms with E-state index in [1.54, 1.807) is 6.07 Å². The Bertz CT molecular complexity index is 589. The molecule has 0 radical (unpaired) electrons. The van der Waals surface area contributed by atoms with E-state index < -0.39 is 26.8 Å². The van der Waals surface area contributed by atoms with Crippen LogP contribution < -0.4 is 0 Å². The molecule has 1 N–H and O–H groups in total. The van der Waals surface area contributed by atoms with Gasteiger partial charge in [0, 0.05) is 6.20 Å². The average Bonchev–Trinajstić information content (AvgIpc) is 2.28. The van der Waals surface area contributed by atoms with Crippen molar-refractivity contribution in [3.05, 3.63) is 29.6 Å². The number of carboxylic acid groups (broad SMARTS) is 1. The van der Waals surface area contributed by atoms with Crippen molar-refractivity contribution in [2.75, 3.05) is 0 Å². The number of nitrogens with zero attached hydrogens (tertiary/aromatic N) is 2. The Morgan fingerprint density at radius 2 is 2.28 bits per heavy atom. The van der Waals surface area contributed by atoms with Crippen molar-refractivity contribution in [3.8, 4) is 6.07 Å². The minimum absolute atomic E-state index is 0.00780. The van der Waals surface area contributed by atoms with Crippen LogP contribution in [0.5, 0.6) is 0 Å². The molecule has 6 nitrogen and oxygen atoms in total. The predicted molar refractivity (Wildman–Crippen MR) is 63.3 cm³/mol. The molecule has 1 unspecified atom stereocenters. The molecule has 0 spiro atoms. The summed E-state index contributed by atoms with van der Waals surface area (Å²) in [6.45, 7) is 1.50. The molecule has 1 rings (SSSR count). The zero-order valence-electron chi connectivity index (χ0n) is 9.70. The van der Waals surface area contributed by atoms with E-state index in [9.17, 15) is 13.2 Å². The van der Waals surface area contributed by atoms with Crippen LogP contribution in [0.1, 0.15) is 24.6 Å². The Morgan fingerprint density at radius 1 is 1.61 bits per heavy atom. The van der Waals surface area contributed by atoms with Crippen molar-refractivity contribution in [1.82, 2.24) is 4.98 Å². The third-order valence-corrected chi connectivity index (χ3v) is 4.52. The fourth-order valence-electron chi connectivity index (χ4n) is 1.54. The number of rotatable bonds is 5. The molecule has 1 atom stereocenters. The molecule has 0 aromatic carbocycles. The molecular formula is C11H12N2O4S. The number of sulfone groups is 1. The molecule has 1 aromatic heterocycles. The van der Waals surface area contributed by atoms with Gasteiger partial charge in [0.1, 0.15) is 11.8 Å². The van der Waals surface area contributed by atoms with E-state index in [2.05, 4.69) is 4.98 Å². The normalized spacial score (nSPS) is 12.7. The first-order chi connectivity index (χ1) is 8.40. The number of hydrogen-bond donors (Lipinski definition) is 1. The summed E-state index contributed by atoms with van der Waals surface area (Å²) in [5.41, 5.74) is 0.465. The van der Waals surface area contributed by atoms with Crippen molar-refractivity contribution in [1.29, 1.82) is 5.26 Å². The first-order valence-electron chi connectivity index (χ1n) is 5.20. The van der Waals surface area contributed by atoms with Gasteiger partial charge in [-0.1, -0.05) is 6.92 Å². The fourth-order valence-corrected chi connectivity index (χ4v) is 3.20. The third-order valence-electron chi connectivity index (χ3n) is 2.39. The molecule has 0 aliphatic heterocycles. The van der Waals surface area contributed by atoms with Gasteiger partial charge in [0.15, 0.2) is 15.1 Å². The molecule has 18 heavy (non-hydrogen) atoms. The van der Waals surface area contributed by atoms with Crippen LogP contribution in [0.15, 0.2) is 18.3 Å². The van der Waals surface area contributed by atoms with Gasteiger partial charge in [-0.2, -0.15) is 5.26 Å². The lowest BCUT2D eigenvalue weighted by Gasteiger charge is -2.11. The number of aliphatic carboxylic acids is 1. The second-order valence-corrected chi connectivity index (χ2v) is 5.89. The number of pyridine rings is 1. The lowest BCUT2D eigenvalue weighted by Crippen LogP contribution is -2.30. The van der Waals surface area contributed by atoms with Crippen LogP contribution >= 0.6 is 0 Å². The van der Waals surface area contributed by atoms with E-state index in [-0.39, 0.29) is 12.1 Å². The minimum atomic E-state index is -3.79. The van der Waals surface area contributed by atoms with E-state index in [1.165, 1.54) is 25.3 Å². The van der Waals surface area contributed by atoms with Crippen LogP contribution in [-0.2, 0) is 20.4 Å². The molecule has 1 aromatic rings. The summed E-state index contributed by atoms with van der Waals surface area (Å²) in [5.74, 6) is -1.76. The van der Waals surface area contributed by atoms with Gasteiger partial charge >= 0.3 is 5.97 Å². The van der Waals surface area contributed by atoms with Crippen molar-refractivity contribution in [3.63, 3.8) is 0 Å². The zero-order chi connectivity index (χ0) is 13.8. The van der Waals surface area contributed by atoms with Crippen molar-refractivity contribution >= 4 is 15.8 Å². The summed E-state index contributed by atoms with van der Waals surface area (Å²) in [6.07, 6.45) is 1.33. The van der Waals surface area contributed by atoms with Gasteiger partial charge in [0.25, 0.3) is 0 Å². The highest BCUT2D eigenvalue weighted by Gasteiger charge is 2.30. The molecule has 0 amide bonds. The summed E-state index contributed by atoms with van der Waals surface area (Å²) in [7, 11) is -3.79. The van der Waals surface area contributed by atoms with Crippen LogP contribution in [0, 0.1) is 11.3 Å². The molecule has 0 bridgehead atoms. The van der Waals surface area contributed by atoms with Gasteiger partial charge in [0.2, 0.25) is 0 Å². The molecule has 7 heteroatoms. The first-order valence-corrected chi connectivity index (χ1v) is 6.91. The number of carbonyl (C=O) groups is 1. The summed E-state index contributed by atoms with van der Waals surface area (Å²) in [6, 6.07) is 4.59. The van der Waals surface area contributed by atoms with E-state index in [0.717, 1.165) is 0 Å². The molecule has 0 aliphatic rings. The molecule has 0 fully saturated rings. The van der Waals surface area contributed by atoms with Gasteiger partial charge in [-0.05, 0) is 24.1 Å². The topological polar surface area (TPSA) is 108 Å². The molecule has 0 saturated heterocycles. The second kappa shape index (κ2) is 5.60. The molecule has 1 heterocycles. The summed E-state index contributed by atoms with van der Waals surface area (Å²) < 4.78 is 23.8. The summed E-state index contributed by atoms with van der Waals surface area (Å²) in [5, 5.41) is 16.1. The highest BCUT2D eigenvalue weighted by atomic mass is 32.2. The van der Waals surface area contributed by atoms with Crippen molar-refractivity contribution in [2.45, 2.75) is 24.3 Å². The number of hydrogen-bond acceptors (Lipinski definition) is 5. The standard InChI is InChI=1S/C11H12N2O4S/c1-2-10(11(14)15)18(16,17)7-8-3-4-13-9(5-8)6-12/h3-5,10H,2,7H2,1H3,(H,14,15). The van der Waals surface area contributed by atoms with Gasteiger partial charge in [-0.3, -0.25) is 4.79 Å². The highest BCUT2D eigenvalue weighted by molar-refractivity contribution is 7.92. The zero-order valence-corrected chi connectivity index (χ0v) is 10.5. The fraction of sp³-hybridized carbons (Fsp3) is 0.364. The quantitative estimate of drug-likeness (QED) is 0.843. The van der Waals surface area contributed by atoms with Gasteiger partial charge in [-0.25, -0.2) is 13.4 Å². The maximum absolute atomic E-state index is 11.9. The van der Waals surface area contributed by atoms with E-state index >= 15 is 0 Å². The maximum atomic E-state index is 11.9. The summed E-state index contributed by atoms with van der Waals surface area (Å²) >= 11 is 0. The maximum Gasteiger partial charge on any atom is 0.321 e. The minimum Gasteiger partial charge on any atom is -0.480 e. The van der Waals surface area contributed by atoms with Crippen LogP contribution in [0.25, 0.3) is 0 Å². The smallest absolute Gasteiger partial charge is 0.321 e. The lowest BCUT2D eigenvalue weighted by molar-refractivity contribution is -0.136. The van der Waals surface area contributed by atoms with Crippen molar-refractivity contribution in [2.24, 2.45) is 0 Å². The highest BCUT2D eigenvalue weighted by Crippen LogP contribution is 2.14. The van der Waals surface area contributed by atoms with Crippen LogP contribution in [0.2, 0.25) is 0 Å². The Morgan fingerprint density at radius 3 is 2.78 bits per heavy atom. The molecule has 0 aliphatic carbocycles. The van der Waals surface area contributed by atoms with Gasteiger partial charge in [-0.15, -0.1) is 0 Å². The van der Waals surface area contributed by atoms with Crippen LogP contribution in [-0.4, -0.2) is 29.7 Å². The Kier molecular flexibility index (Phi) is 4.39. The third kappa shape index (κ3) is 3.28. The Balaban J connectivity index is 3.02. The molecular weight excluding hydrogens is 256 g/mol. The van der Waals surface area contributed by atoms with Gasteiger partial charge < -0.3 is 5.11 Å². The number of carboxylic acids is 1. The van der Waals surface area contributed by atoms with E-state index in [1.807, 2.05) is 0 Å². The molecule has 96 valence electrons. The van der Waals surface area contributed by atoms with E-state index in [4.69, 9.17) is 10.4 Å². The second-order valence-electron chi connectivity index (χ2n) is 3.70. The number of aromatic nitrogens is 1. The lowest BCUT2D eigenvalue weighted by atomic mass is 10.2. The largest absolute Gasteiger partial charge is 0.480 e. The monoisotopic (exact) mass is 268 g/mol. The predicted octanol–water partition coefficient (Wildman–Crippen LogP) is 0.731. The SMILES string of the molecule is CCC(C(=O)O)S(=O)(=O)Cc1ccnc(C#N)c1.